The number of carbonyl (C=O) groups excluding carboxylic acids is 1. The van der Waals surface area contributed by atoms with Gasteiger partial charge in [0.2, 0.25) is 5.91 Å². The number of anilines is 1. The van der Waals surface area contributed by atoms with E-state index >= 15 is 0 Å². The smallest absolute Gasteiger partial charge is 0.274 e. The van der Waals surface area contributed by atoms with E-state index in [9.17, 15) is 9.59 Å². The highest BCUT2D eigenvalue weighted by Crippen LogP contribution is 2.42. The van der Waals surface area contributed by atoms with E-state index in [1.165, 1.54) is 6.08 Å². The lowest BCUT2D eigenvalue weighted by molar-refractivity contribution is -0.126. The van der Waals surface area contributed by atoms with Crippen molar-refractivity contribution in [3.63, 3.8) is 0 Å². The van der Waals surface area contributed by atoms with Crippen LogP contribution in [0.15, 0.2) is 60.0 Å². The van der Waals surface area contributed by atoms with Crippen LogP contribution in [0.3, 0.4) is 0 Å². The minimum atomic E-state index is -0.387. The second-order valence-corrected chi connectivity index (χ2v) is 11.3. The van der Waals surface area contributed by atoms with Crippen LogP contribution in [-0.2, 0) is 11.8 Å². The maximum atomic E-state index is 14.4. The molecule has 210 valence electrons. The number of fused-ring (bicyclic) bond motifs is 1. The van der Waals surface area contributed by atoms with E-state index in [0.29, 0.717) is 41.2 Å². The predicted octanol–water partition coefficient (Wildman–Crippen LogP) is 6.25. The van der Waals surface area contributed by atoms with E-state index in [-0.39, 0.29) is 29.1 Å². The second-order valence-electron chi connectivity index (χ2n) is 10.8. The number of aromatic nitrogens is 3. The first-order chi connectivity index (χ1) is 19.6. The topological polar surface area (TPSA) is 67.7 Å². The minimum Gasteiger partial charge on any atom is -0.373 e. The summed E-state index contributed by atoms with van der Waals surface area (Å²) in [6.07, 6.45) is 3.10. The Bertz CT molecular complexity index is 1780. The van der Waals surface area contributed by atoms with Gasteiger partial charge in [0.25, 0.3) is 11.2 Å². The lowest BCUT2D eigenvalue weighted by Gasteiger charge is -2.42. The highest BCUT2D eigenvalue weighted by atomic mass is 35.5. The van der Waals surface area contributed by atoms with Gasteiger partial charge in [-0.1, -0.05) is 50.2 Å². The van der Waals surface area contributed by atoms with Gasteiger partial charge in [-0.25, -0.2) is 4.85 Å². The summed E-state index contributed by atoms with van der Waals surface area (Å²) >= 11 is 7.00. The maximum Gasteiger partial charge on any atom is 0.274 e. The molecule has 0 bridgehead atoms. The van der Waals surface area contributed by atoms with Crippen molar-refractivity contribution in [3.05, 3.63) is 93.2 Å². The quantitative estimate of drug-likeness (QED) is 0.211. The highest BCUT2D eigenvalue weighted by molar-refractivity contribution is 6.34. The number of benzene rings is 2. The number of hydrogen-bond acceptors (Lipinski definition) is 4. The number of carbonyl (C=O) groups is 1. The zero-order valence-electron chi connectivity index (χ0n) is 24.0. The summed E-state index contributed by atoms with van der Waals surface area (Å²) in [6, 6.07) is 11.5. The fraction of sp³-hybridized carbons (Fsp3) is 0.312. The van der Waals surface area contributed by atoms with E-state index in [1.54, 1.807) is 20.3 Å². The summed E-state index contributed by atoms with van der Waals surface area (Å²) in [5.41, 5.74) is 5.15. The van der Waals surface area contributed by atoms with E-state index in [1.807, 2.05) is 57.3 Å². The van der Waals surface area contributed by atoms with Gasteiger partial charge in [-0.2, -0.15) is 5.10 Å². The van der Waals surface area contributed by atoms with E-state index < -0.39 is 0 Å². The molecule has 0 radical (unpaired) electrons. The predicted molar refractivity (Wildman–Crippen MR) is 165 cm³/mol. The van der Waals surface area contributed by atoms with E-state index in [4.69, 9.17) is 18.2 Å². The molecule has 9 heteroatoms. The van der Waals surface area contributed by atoms with Crippen LogP contribution in [0.2, 0.25) is 5.02 Å². The Hall–Kier alpha value is -4.35. The largest absolute Gasteiger partial charge is 0.373 e. The molecule has 5 rings (SSSR count). The molecule has 4 aromatic rings. The van der Waals surface area contributed by atoms with Gasteiger partial charge in [0, 0.05) is 43.7 Å². The number of hydrogen-bond donors (Lipinski definition) is 0. The summed E-state index contributed by atoms with van der Waals surface area (Å²) in [5, 5.41) is 5.61. The number of amides is 1. The van der Waals surface area contributed by atoms with Crippen LogP contribution in [0.5, 0.6) is 0 Å². The van der Waals surface area contributed by atoms with Crippen molar-refractivity contribution >= 4 is 39.8 Å². The lowest BCUT2D eigenvalue weighted by atomic mass is 9.99. The van der Waals surface area contributed by atoms with Gasteiger partial charge in [-0.15, -0.1) is 0 Å². The van der Waals surface area contributed by atoms with Crippen LogP contribution in [-0.4, -0.2) is 50.8 Å². The lowest BCUT2D eigenvalue weighted by Crippen LogP contribution is -2.53. The Morgan fingerprint density at radius 2 is 1.98 bits per heavy atom. The molecular weight excluding hydrogens is 536 g/mol. The van der Waals surface area contributed by atoms with Gasteiger partial charge in [0.05, 0.1) is 40.4 Å². The van der Waals surface area contributed by atoms with Crippen LogP contribution in [0, 0.1) is 13.5 Å². The second kappa shape index (κ2) is 10.9. The molecule has 2 aromatic carbocycles. The molecule has 0 saturated carbocycles. The number of piperazine rings is 1. The number of halogens is 1. The molecule has 2 aromatic heterocycles. The first-order valence-electron chi connectivity index (χ1n) is 13.6. The summed E-state index contributed by atoms with van der Waals surface area (Å²) in [7, 11) is 1.86. The van der Waals surface area contributed by atoms with E-state index in [2.05, 4.69) is 35.3 Å². The first kappa shape index (κ1) is 28.2. The fourth-order valence-corrected chi connectivity index (χ4v) is 6.18. The van der Waals surface area contributed by atoms with Crippen molar-refractivity contribution < 1.29 is 4.79 Å². The maximum absolute atomic E-state index is 14.4. The van der Waals surface area contributed by atoms with Crippen molar-refractivity contribution in [2.45, 2.75) is 39.7 Å². The molecule has 3 heterocycles. The van der Waals surface area contributed by atoms with Crippen molar-refractivity contribution in [3.8, 4) is 16.9 Å². The first-order valence-corrected chi connectivity index (χ1v) is 14.0. The van der Waals surface area contributed by atoms with Gasteiger partial charge in [0.1, 0.15) is 0 Å². The summed E-state index contributed by atoms with van der Waals surface area (Å²) < 4.78 is 3.44. The highest BCUT2D eigenvalue weighted by Gasteiger charge is 2.31. The van der Waals surface area contributed by atoms with Gasteiger partial charge in [0.15, 0.2) is 0 Å². The van der Waals surface area contributed by atoms with Gasteiger partial charge >= 0.3 is 0 Å². The number of para-hydroxylation sites is 1. The minimum absolute atomic E-state index is 0.0342. The molecule has 41 heavy (non-hydrogen) atoms. The number of rotatable bonds is 5. The summed E-state index contributed by atoms with van der Waals surface area (Å²) in [5.74, 6) is 0.0116. The number of aryl methyl sites for hydroxylation is 2. The Labute approximate surface area is 244 Å². The molecule has 1 aliphatic rings. The van der Waals surface area contributed by atoms with Crippen LogP contribution >= 0.6 is 11.6 Å². The van der Waals surface area contributed by atoms with Crippen LogP contribution in [0.1, 0.15) is 37.8 Å². The molecule has 1 fully saturated rings. The zero-order chi connectivity index (χ0) is 29.6. The third-order valence-corrected chi connectivity index (χ3v) is 8.21. The Balaban J connectivity index is 1.88. The molecular formula is C32H33ClN6O2. The molecule has 0 spiro atoms. The van der Waals surface area contributed by atoms with Crippen molar-refractivity contribution in [1.82, 2.24) is 19.2 Å². The molecule has 0 unspecified atom stereocenters. The molecule has 1 saturated heterocycles. The normalized spacial score (nSPS) is 15.4. The number of nitrogens with zero attached hydrogens (tertiary/aromatic N) is 6. The van der Waals surface area contributed by atoms with Crippen molar-refractivity contribution in [2.75, 3.05) is 24.5 Å². The van der Waals surface area contributed by atoms with Crippen LogP contribution in [0.25, 0.3) is 32.7 Å². The Morgan fingerprint density at radius 1 is 1.24 bits per heavy atom. The molecule has 0 N–H and O–H groups in total. The average molecular weight is 569 g/mol. The summed E-state index contributed by atoms with van der Waals surface area (Å²) in [4.78, 5) is 34.4. The van der Waals surface area contributed by atoms with Crippen LogP contribution < -0.4 is 10.5 Å². The average Bonchev–Trinajstić information content (AvgIpc) is 3.29. The van der Waals surface area contributed by atoms with Gasteiger partial charge in [-0.3, -0.25) is 18.8 Å². The molecule has 0 aliphatic carbocycles. The zero-order valence-corrected chi connectivity index (χ0v) is 24.7. The fourth-order valence-electron chi connectivity index (χ4n) is 5.93. The van der Waals surface area contributed by atoms with Gasteiger partial charge < -0.3 is 9.80 Å². The molecule has 1 aliphatic heterocycles. The van der Waals surface area contributed by atoms with Gasteiger partial charge in [-0.05, 0) is 55.2 Å². The third-order valence-electron chi connectivity index (χ3n) is 7.90. The molecule has 8 nitrogen and oxygen atoms in total. The number of pyridine rings is 1. The Morgan fingerprint density at radius 3 is 2.59 bits per heavy atom. The summed E-state index contributed by atoms with van der Waals surface area (Å²) in [6.45, 7) is 21.3. The third kappa shape index (κ3) is 4.70. The molecule has 1 amide bonds. The standard InChI is InChI=1S/C32H33ClN6O2/c1-8-28(40)37-13-14-38(21(5)18-37)31-24-15-25(33)23(30-20(4)17-35-36(30)7)16-27(24)39(32(41)29(31)34-6)26-12-10-9-11-22(26)19(2)3/h8-12,15-17,19,21H,1,13-14,18H2,2-5,7H3/t21-/m0/s1. The SMILES string of the molecule is [C-]#[N+]c1c(N2CCN(C(=O)C=C)C[C@@H]2C)c2cc(Cl)c(-c3c(C)cnn3C)cc2n(-c2ccccc2C(C)C)c1=O. The van der Waals surface area contributed by atoms with Crippen LogP contribution in [0.4, 0.5) is 11.4 Å². The molecule has 1 atom stereocenters. The van der Waals surface area contributed by atoms with E-state index in [0.717, 1.165) is 28.1 Å². The van der Waals surface area contributed by atoms with Crippen molar-refractivity contribution in [2.24, 2.45) is 7.05 Å². The monoisotopic (exact) mass is 568 g/mol. The van der Waals surface area contributed by atoms with Crippen molar-refractivity contribution in [1.29, 1.82) is 0 Å². The Kier molecular flexibility index (Phi) is 7.50.